The van der Waals surface area contributed by atoms with E-state index in [1.54, 1.807) is 6.08 Å². The summed E-state index contributed by atoms with van der Waals surface area (Å²) < 4.78 is 4.76. The molecule has 1 aromatic rings. The highest BCUT2D eigenvalue weighted by atomic mass is 16.5. The number of esters is 1. The molecule has 0 bridgehead atoms. The number of β-amino-alcohol motifs (C(OH)–C–C–N with tert-alkyl or cyclic N) is 1. The van der Waals surface area contributed by atoms with Crippen LogP contribution < -0.4 is 5.32 Å². The Morgan fingerprint density at radius 2 is 2.04 bits per heavy atom. The van der Waals surface area contributed by atoms with Gasteiger partial charge in [-0.3, -0.25) is 9.59 Å². The van der Waals surface area contributed by atoms with Crippen LogP contribution >= 0.6 is 0 Å². The average Bonchev–Trinajstić information content (AvgIpc) is 3.03. The van der Waals surface area contributed by atoms with E-state index < -0.39 is 30.1 Å². The number of aliphatic hydroxyl groups excluding tert-OH is 1. The van der Waals surface area contributed by atoms with Gasteiger partial charge in [-0.15, -0.1) is 0 Å². The van der Waals surface area contributed by atoms with Gasteiger partial charge in [0.05, 0.1) is 13.2 Å². The van der Waals surface area contributed by atoms with Crippen LogP contribution in [0.15, 0.2) is 36.4 Å². The molecule has 0 radical (unpaired) electrons. The summed E-state index contributed by atoms with van der Waals surface area (Å²) in [5, 5.41) is 12.4. The maximum atomic E-state index is 12.5. The Morgan fingerprint density at radius 3 is 2.65 bits per heavy atom. The number of benzene rings is 1. The van der Waals surface area contributed by atoms with Crippen molar-refractivity contribution in [3.63, 3.8) is 0 Å². The lowest BCUT2D eigenvalue weighted by atomic mass is 10.1. The van der Waals surface area contributed by atoms with Gasteiger partial charge in [-0.1, -0.05) is 42.5 Å². The fraction of sp³-hybridized carbons (Fsp3) is 0.421. The minimum absolute atomic E-state index is 0.115. The SMILES string of the molecule is COC(=O)[C@H](C/C=C/c1ccccc1)NC(=O)[C@@H]1C[C@@H](O)CN1C(C)=O. The monoisotopic (exact) mass is 360 g/mol. The van der Waals surface area contributed by atoms with Crippen LogP contribution in [0, 0.1) is 0 Å². The van der Waals surface area contributed by atoms with Crippen LogP contribution in [-0.4, -0.2) is 59.6 Å². The molecule has 2 amide bonds. The molecule has 0 aromatic heterocycles. The van der Waals surface area contributed by atoms with Crippen LogP contribution in [0.2, 0.25) is 0 Å². The number of hydrogen-bond donors (Lipinski definition) is 2. The van der Waals surface area contributed by atoms with Crippen LogP contribution in [0.3, 0.4) is 0 Å². The van der Waals surface area contributed by atoms with Crippen molar-refractivity contribution in [2.75, 3.05) is 13.7 Å². The quantitative estimate of drug-likeness (QED) is 0.729. The van der Waals surface area contributed by atoms with Crippen molar-refractivity contribution < 1.29 is 24.2 Å². The van der Waals surface area contributed by atoms with Gasteiger partial charge in [-0.2, -0.15) is 0 Å². The van der Waals surface area contributed by atoms with Gasteiger partial charge >= 0.3 is 5.97 Å². The van der Waals surface area contributed by atoms with Crippen molar-refractivity contribution in [1.29, 1.82) is 0 Å². The van der Waals surface area contributed by atoms with E-state index in [4.69, 9.17) is 4.74 Å². The van der Waals surface area contributed by atoms with Crippen molar-refractivity contribution in [3.05, 3.63) is 42.0 Å². The van der Waals surface area contributed by atoms with Crippen molar-refractivity contribution >= 4 is 23.9 Å². The van der Waals surface area contributed by atoms with Gasteiger partial charge in [0.25, 0.3) is 0 Å². The Kier molecular flexibility index (Phi) is 6.91. The molecule has 7 nitrogen and oxygen atoms in total. The lowest BCUT2D eigenvalue weighted by Crippen LogP contribution is -2.50. The van der Waals surface area contributed by atoms with E-state index in [2.05, 4.69) is 5.32 Å². The Balaban J connectivity index is 2.03. The number of nitrogens with zero attached hydrogens (tertiary/aromatic N) is 1. The summed E-state index contributed by atoms with van der Waals surface area (Å²) in [4.78, 5) is 37.5. The number of rotatable bonds is 6. The van der Waals surface area contributed by atoms with Gasteiger partial charge in [0.2, 0.25) is 11.8 Å². The molecule has 0 spiro atoms. The molecule has 0 aliphatic carbocycles. The zero-order chi connectivity index (χ0) is 19.1. The summed E-state index contributed by atoms with van der Waals surface area (Å²) in [5.41, 5.74) is 0.976. The smallest absolute Gasteiger partial charge is 0.328 e. The van der Waals surface area contributed by atoms with Gasteiger partial charge in [0, 0.05) is 19.9 Å². The van der Waals surface area contributed by atoms with E-state index in [0.717, 1.165) is 5.56 Å². The number of carbonyl (C=O) groups excluding carboxylic acids is 3. The maximum absolute atomic E-state index is 12.5. The van der Waals surface area contributed by atoms with E-state index in [1.807, 2.05) is 36.4 Å². The summed E-state index contributed by atoms with van der Waals surface area (Å²) in [5.74, 6) is -1.33. The van der Waals surface area contributed by atoms with Crippen LogP contribution in [0.5, 0.6) is 0 Å². The van der Waals surface area contributed by atoms with E-state index in [1.165, 1.54) is 18.9 Å². The number of amides is 2. The van der Waals surface area contributed by atoms with Gasteiger partial charge in [0.15, 0.2) is 0 Å². The van der Waals surface area contributed by atoms with Crippen molar-refractivity contribution in [2.24, 2.45) is 0 Å². The summed E-state index contributed by atoms with van der Waals surface area (Å²) in [6.45, 7) is 1.46. The van der Waals surface area contributed by atoms with E-state index in [-0.39, 0.29) is 25.3 Å². The predicted molar refractivity (Wildman–Crippen MR) is 95.8 cm³/mol. The standard InChI is InChI=1S/C19H24N2O5/c1-13(22)21-12-15(23)11-17(21)18(24)20-16(19(25)26-2)10-6-9-14-7-4-3-5-8-14/h3-9,15-17,23H,10-12H2,1-2H3,(H,20,24)/b9-6+/t15-,16+,17+/m1/s1. The fourth-order valence-electron chi connectivity index (χ4n) is 2.94. The first kappa shape index (κ1) is 19.7. The minimum atomic E-state index is -0.862. The van der Waals surface area contributed by atoms with Gasteiger partial charge in [0.1, 0.15) is 12.1 Å². The molecule has 1 aliphatic heterocycles. The summed E-state index contributed by atoms with van der Waals surface area (Å²) in [6.07, 6.45) is 3.29. The third-order valence-corrected chi connectivity index (χ3v) is 4.27. The molecule has 0 unspecified atom stereocenters. The highest BCUT2D eigenvalue weighted by molar-refractivity contribution is 5.91. The van der Waals surface area contributed by atoms with Gasteiger partial charge in [-0.05, 0) is 12.0 Å². The molecule has 0 saturated carbocycles. The Bertz CT molecular complexity index is 674. The summed E-state index contributed by atoms with van der Waals surface area (Å²) in [7, 11) is 1.25. The Labute approximate surface area is 152 Å². The molecule has 1 aliphatic rings. The lowest BCUT2D eigenvalue weighted by Gasteiger charge is -2.24. The molecular weight excluding hydrogens is 336 g/mol. The molecule has 1 fully saturated rings. The average molecular weight is 360 g/mol. The number of methoxy groups -OCH3 is 1. The second-order valence-corrected chi connectivity index (χ2v) is 6.21. The van der Waals surface area contributed by atoms with E-state index in [9.17, 15) is 19.5 Å². The van der Waals surface area contributed by atoms with E-state index in [0.29, 0.717) is 0 Å². The molecule has 140 valence electrons. The predicted octanol–water partition coefficient (Wildman–Crippen LogP) is 0.729. The third kappa shape index (κ3) is 5.16. The number of carbonyl (C=O) groups is 3. The molecule has 1 aromatic carbocycles. The van der Waals surface area contributed by atoms with Crippen molar-refractivity contribution in [3.8, 4) is 0 Å². The first-order chi connectivity index (χ1) is 12.4. The number of aliphatic hydroxyl groups is 1. The number of ether oxygens (including phenoxy) is 1. The van der Waals surface area contributed by atoms with E-state index >= 15 is 0 Å². The Hall–Kier alpha value is -2.67. The van der Waals surface area contributed by atoms with Crippen LogP contribution in [0.4, 0.5) is 0 Å². The van der Waals surface area contributed by atoms with Gasteiger partial charge < -0.3 is 20.1 Å². The highest BCUT2D eigenvalue weighted by Gasteiger charge is 2.38. The number of nitrogens with one attached hydrogen (secondary N) is 1. The largest absolute Gasteiger partial charge is 0.467 e. The van der Waals surface area contributed by atoms with Gasteiger partial charge in [-0.25, -0.2) is 4.79 Å². The Morgan fingerprint density at radius 1 is 1.35 bits per heavy atom. The third-order valence-electron chi connectivity index (χ3n) is 4.27. The molecule has 7 heteroatoms. The summed E-state index contributed by atoms with van der Waals surface area (Å²) in [6, 6.07) is 7.92. The topological polar surface area (TPSA) is 95.9 Å². The molecule has 1 heterocycles. The minimum Gasteiger partial charge on any atom is -0.467 e. The first-order valence-corrected chi connectivity index (χ1v) is 8.47. The highest BCUT2D eigenvalue weighted by Crippen LogP contribution is 2.18. The van der Waals surface area contributed by atoms with Crippen molar-refractivity contribution in [2.45, 2.75) is 38.0 Å². The maximum Gasteiger partial charge on any atom is 0.328 e. The van der Waals surface area contributed by atoms with Crippen LogP contribution in [0.1, 0.15) is 25.3 Å². The summed E-state index contributed by atoms with van der Waals surface area (Å²) >= 11 is 0. The second-order valence-electron chi connectivity index (χ2n) is 6.21. The lowest BCUT2D eigenvalue weighted by molar-refractivity contribution is -0.146. The second kappa shape index (κ2) is 9.15. The molecule has 3 atom stereocenters. The first-order valence-electron chi connectivity index (χ1n) is 8.47. The molecule has 2 rings (SSSR count). The molecule has 2 N–H and O–H groups in total. The molecule has 1 saturated heterocycles. The normalized spacial score (nSPS) is 20.8. The number of hydrogen-bond acceptors (Lipinski definition) is 5. The number of likely N-dealkylation sites (tertiary alicyclic amines) is 1. The molecular formula is C19H24N2O5. The van der Waals surface area contributed by atoms with Crippen LogP contribution in [-0.2, 0) is 19.1 Å². The zero-order valence-electron chi connectivity index (χ0n) is 14.9. The zero-order valence-corrected chi connectivity index (χ0v) is 14.9. The van der Waals surface area contributed by atoms with Crippen LogP contribution in [0.25, 0.3) is 6.08 Å². The van der Waals surface area contributed by atoms with Crippen molar-refractivity contribution in [1.82, 2.24) is 10.2 Å². The fourth-order valence-corrected chi connectivity index (χ4v) is 2.94. The molecule has 26 heavy (non-hydrogen) atoms.